The molecule has 0 spiro atoms. The molecule has 0 bridgehead atoms. The van der Waals surface area contributed by atoms with Gasteiger partial charge in [0.05, 0.1) is 5.60 Å². The Labute approximate surface area is 106 Å². The molecule has 1 aliphatic rings. The summed E-state index contributed by atoms with van der Waals surface area (Å²) in [7, 11) is 1.80. The van der Waals surface area contributed by atoms with E-state index in [1.54, 1.807) is 11.9 Å². The Morgan fingerprint density at radius 2 is 2.00 bits per heavy atom. The molecule has 0 aromatic carbocycles. The second-order valence-corrected chi connectivity index (χ2v) is 5.62. The van der Waals surface area contributed by atoms with E-state index in [0.717, 1.165) is 43.9 Å². The van der Waals surface area contributed by atoms with Gasteiger partial charge >= 0.3 is 0 Å². The molecule has 0 atom stereocenters. The zero-order valence-electron chi connectivity index (χ0n) is 10.0. The van der Waals surface area contributed by atoms with Crippen LogP contribution in [0.4, 0.5) is 0 Å². The molecule has 0 aromatic heterocycles. The Hall–Kier alpha value is -0.0900. The van der Waals surface area contributed by atoms with Gasteiger partial charge in [0, 0.05) is 25.3 Å². The number of amides is 1. The fourth-order valence-electron chi connectivity index (χ4n) is 2.28. The Bertz CT molecular complexity index is 227. The van der Waals surface area contributed by atoms with Crippen LogP contribution in [-0.4, -0.2) is 40.4 Å². The van der Waals surface area contributed by atoms with Gasteiger partial charge in [-0.25, -0.2) is 0 Å². The van der Waals surface area contributed by atoms with E-state index in [-0.39, 0.29) is 5.91 Å². The molecule has 1 rings (SSSR count). The molecule has 0 unspecified atom stereocenters. The van der Waals surface area contributed by atoms with Crippen molar-refractivity contribution in [1.29, 1.82) is 0 Å². The normalized spacial score (nSPS) is 18.7. The van der Waals surface area contributed by atoms with Crippen molar-refractivity contribution in [3.63, 3.8) is 0 Å². The van der Waals surface area contributed by atoms with Crippen molar-refractivity contribution in [3.8, 4) is 0 Å². The maximum absolute atomic E-state index is 11.7. The standard InChI is InChI=1S/C12H22BrNO2/c1-14(11(15)6-2-5-9-13)10-12(16)7-3-4-8-12/h16H,2-10H2,1H3. The number of halogens is 1. The lowest BCUT2D eigenvalue weighted by atomic mass is 10.0. The highest BCUT2D eigenvalue weighted by molar-refractivity contribution is 9.09. The molecular weight excluding hydrogens is 270 g/mol. The van der Waals surface area contributed by atoms with Gasteiger partial charge in [0.15, 0.2) is 0 Å². The van der Waals surface area contributed by atoms with Crippen molar-refractivity contribution in [2.45, 2.75) is 50.5 Å². The first-order chi connectivity index (χ1) is 7.57. The van der Waals surface area contributed by atoms with Crippen molar-refractivity contribution in [2.24, 2.45) is 0 Å². The monoisotopic (exact) mass is 291 g/mol. The van der Waals surface area contributed by atoms with Gasteiger partial charge in [-0.1, -0.05) is 28.8 Å². The summed E-state index contributed by atoms with van der Waals surface area (Å²) >= 11 is 3.35. The van der Waals surface area contributed by atoms with Crippen LogP contribution >= 0.6 is 15.9 Å². The van der Waals surface area contributed by atoms with Crippen LogP contribution in [0.1, 0.15) is 44.9 Å². The molecule has 0 radical (unpaired) electrons. The average Bonchev–Trinajstić information content (AvgIpc) is 2.65. The lowest BCUT2D eigenvalue weighted by Gasteiger charge is -2.28. The molecular formula is C12H22BrNO2. The first kappa shape index (κ1) is 14.0. The molecule has 1 aliphatic carbocycles. The van der Waals surface area contributed by atoms with Gasteiger partial charge in [-0.15, -0.1) is 0 Å². The molecule has 0 aromatic rings. The third kappa shape index (κ3) is 4.42. The fourth-order valence-corrected chi connectivity index (χ4v) is 2.68. The molecule has 4 heteroatoms. The Morgan fingerprint density at radius 1 is 1.38 bits per heavy atom. The van der Waals surface area contributed by atoms with Crippen LogP contribution in [0.2, 0.25) is 0 Å². The predicted octanol–water partition coefficient (Wildman–Crippen LogP) is 2.32. The number of carbonyl (C=O) groups excluding carboxylic acids is 1. The van der Waals surface area contributed by atoms with E-state index in [1.165, 1.54) is 0 Å². The van der Waals surface area contributed by atoms with Crippen molar-refractivity contribution < 1.29 is 9.90 Å². The predicted molar refractivity (Wildman–Crippen MR) is 68.7 cm³/mol. The summed E-state index contributed by atoms with van der Waals surface area (Å²) in [5.74, 6) is 0.154. The molecule has 94 valence electrons. The van der Waals surface area contributed by atoms with E-state index in [9.17, 15) is 9.90 Å². The molecule has 16 heavy (non-hydrogen) atoms. The molecule has 1 N–H and O–H groups in total. The van der Waals surface area contributed by atoms with E-state index in [4.69, 9.17) is 0 Å². The smallest absolute Gasteiger partial charge is 0.222 e. The van der Waals surface area contributed by atoms with Crippen LogP contribution in [0.15, 0.2) is 0 Å². The molecule has 3 nitrogen and oxygen atoms in total. The van der Waals surface area contributed by atoms with Gasteiger partial charge in [-0.2, -0.15) is 0 Å². The summed E-state index contributed by atoms with van der Waals surface area (Å²) in [4.78, 5) is 13.4. The molecule has 0 saturated heterocycles. The van der Waals surface area contributed by atoms with Crippen molar-refractivity contribution in [3.05, 3.63) is 0 Å². The van der Waals surface area contributed by atoms with Crippen LogP contribution < -0.4 is 0 Å². The minimum absolute atomic E-state index is 0.154. The first-order valence-electron chi connectivity index (χ1n) is 6.10. The number of rotatable bonds is 6. The van der Waals surface area contributed by atoms with E-state index in [2.05, 4.69) is 15.9 Å². The largest absolute Gasteiger partial charge is 0.388 e. The minimum atomic E-state index is -0.611. The number of carbonyl (C=O) groups is 1. The van der Waals surface area contributed by atoms with Crippen molar-refractivity contribution in [2.75, 3.05) is 18.9 Å². The first-order valence-corrected chi connectivity index (χ1v) is 7.22. The van der Waals surface area contributed by atoms with Gasteiger partial charge in [-0.3, -0.25) is 4.79 Å². The lowest BCUT2D eigenvalue weighted by molar-refractivity contribution is -0.133. The topological polar surface area (TPSA) is 40.5 Å². The summed E-state index contributed by atoms with van der Waals surface area (Å²) < 4.78 is 0. The number of alkyl halides is 1. The maximum Gasteiger partial charge on any atom is 0.222 e. The van der Waals surface area contributed by atoms with Crippen LogP contribution in [-0.2, 0) is 4.79 Å². The highest BCUT2D eigenvalue weighted by Gasteiger charge is 2.33. The minimum Gasteiger partial charge on any atom is -0.388 e. The van der Waals surface area contributed by atoms with E-state index in [0.29, 0.717) is 13.0 Å². The Kier molecular flexibility index (Phi) is 5.76. The number of nitrogens with zero attached hydrogens (tertiary/aromatic N) is 1. The molecule has 1 fully saturated rings. The molecule has 1 amide bonds. The van der Waals surface area contributed by atoms with Crippen molar-refractivity contribution >= 4 is 21.8 Å². The SMILES string of the molecule is CN(CC1(O)CCCC1)C(=O)CCCCBr. The van der Waals surface area contributed by atoms with Crippen molar-refractivity contribution in [1.82, 2.24) is 4.90 Å². The summed E-state index contributed by atoms with van der Waals surface area (Å²) in [5.41, 5.74) is -0.611. The Morgan fingerprint density at radius 3 is 2.56 bits per heavy atom. The van der Waals surface area contributed by atoms with Gasteiger partial charge in [0.1, 0.15) is 0 Å². The average molecular weight is 292 g/mol. The third-order valence-electron chi connectivity index (χ3n) is 3.27. The highest BCUT2D eigenvalue weighted by Crippen LogP contribution is 2.30. The number of hydrogen-bond donors (Lipinski definition) is 1. The maximum atomic E-state index is 11.7. The second kappa shape index (κ2) is 6.60. The molecule has 0 aliphatic heterocycles. The third-order valence-corrected chi connectivity index (χ3v) is 3.83. The van der Waals surface area contributed by atoms with Crippen LogP contribution in [0, 0.1) is 0 Å². The van der Waals surface area contributed by atoms with E-state index in [1.807, 2.05) is 0 Å². The highest BCUT2D eigenvalue weighted by atomic mass is 79.9. The van der Waals surface area contributed by atoms with Crippen LogP contribution in [0.25, 0.3) is 0 Å². The molecule has 0 heterocycles. The zero-order valence-corrected chi connectivity index (χ0v) is 11.6. The Balaban J connectivity index is 2.27. The number of unbranched alkanes of at least 4 members (excludes halogenated alkanes) is 1. The fraction of sp³-hybridized carbons (Fsp3) is 0.917. The van der Waals surface area contributed by atoms with E-state index < -0.39 is 5.60 Å². The summed E-state index contributed by atoms with van der Waals surface area (Å²) in [6.45, 7) is 0.500. The summed E-state index contributed by atoms with van der Waals surface area (Å²) in [5, 5.41) is 11.1. The van der Waals surface area contributed by atoms with Gasteiger partial charge in [-0.05, 0) is 25.7 Å². The van der Waals surface area contributed by atoms with Gasteiger partial charge in [0.2, 0.25) is 5.91 Å². The summed E-state index contributed by atoms with van der Waals surface area (Å²) in [6, 6.07) is 0. The zero-order chi connectivity index (χ0) is 12.0. The summed E-state index contributed by atoms with van der Waals surface area (Å²) in [6.07, 6.45) is 6.40. The van der Waals surface area contributed by atoms with Crippen LogP contribution in [0.3, 0.4) is 0 Å². The lowest BCUT2D eigenvalue weighted by Crippen LogP contribution is -2.41. The van der Waals surface area contributed by atoms with Gasteiger partial charge < -0.3 is 10.0 Å². The van der Waals surface area contributed by atoms with Gasteiger partial charge in [0.25, 0.3) is 0 Å². The molecule has 1 saturated carbocycles. The van der Waals surface area contributed by atoms with Crippen LogP contribution in [0.5, 0.6) is 0 Å². The van der Waals surface area contributed by atoms with E-state index >= 15 is 0 Å². The number of likely N-dealkylation sites (N-methyl/N-ethyl adjacent to an activating group) is 1. The number of aliphatic hydroxyl groups is 1. The quantitative estimate of drug-likeness (QED) is 0.603. The number of hydrogen-bond acceptors (Lipinski definition) is 2. The second-order valence-electron chi connectivity index (χ2n) is 4.83.